The second kappa shape index (κ2) is 6.69. The Balaban J connectivity index is 1.94. The molecule has 1 aromatic rings. The second-order valence-corrected chi connectivity index (χ2v) is 5.17. The standard InChI is InChI=1S/C15H19NO5/c1-10(21-9-11-5-3-2-4-6-11)14(18)16-8-12(17)7-13(16)15(19)20/h2-6,10,12-13,17H,7-9H2,1H3,(H,19,20). The lowest BCUT2D eigenvalue weighted by molar-refractivity contribution is -0.153. The third-order valence-corrected chi connectivity index (χ3v) is 3.54. The van der Waals surface area contributed by atoms with E-state index in [0.717, 1.165) is 5.56 Å². The first kappa shape index (κ1) is 15.5. The van der Waals surface area contributed by atoms with Crippen LogP contribution in [0.15, 0.2) is 30.3 Å². The molecule has 2 N–H and O–H groups in total. The van der Waals surface area contributed by atoms with Gasteiger partial charge in [-0.05, 0) is 12.5 Å². The van der Waals surface area contributed by atoms with Crippen molar-refractivity contribution in [2.45, 2.75) is 38.2 Å². The van der Waals surface area contributed by atoms with Gasteiger partial charge in [0.1, 0.15) is 12.1 Å². The van der Waals surface area contributed by atoms with Crippen LogP contribution in [0.5, 0.6) is 0 Å². The van der Waals surface area contributed by atoms with Crippen LogP contribution in [0, 0.1) is 0 Å². The zero-order valence-electron chi connectivity index (χ0n) is 11.8. The summed E-state index contributed by atoms with van der Waals surface area (Å²) in [5, 5.41) is 18.7. The van der Waals surface area contributed by atoms with E-state index in [-0.39, 0.29) is 19.6 Å². The van der Waals surface area contributed by atoms with Gasteiger partial charge in [0.25, 0.3) is 5.91 Å². The van der Waals surface area contributed by atoms with Crippen molar-refractivity contribution in [3.8, 4) is 0 Å². The molecule has 0 aromatic heterocycles. The average Bonchev–Trinajstić information content (AvgIpc) is 2.87. The summed E-state index contributed by atoms with van der Waals surface area (Å²) in [6.07, 6.45) is -1.49. The minimum atomic E-state index is -1.10. The van der Waals surface area contributed by atoms with E-state index >= 15 is 0 Å². The summed E-state index contributed by atoms with van der Waals surface area (Å²) in [5.74, 6) is -1.51. The number of likely N-dealkylation sites (tertiary alicyclic amines) is 1. The van der Waals surface area contributed by atoms with E-state index in [1.807, 2.05) is 30.3 Å². The maximum Gasteiger partial charge on any atom is 0.326 e. The average molecular weight is 293 g/mol. The molecule has 3 unspecified atom stereocenters. The summed E-state index contributed by atoms with van der Waals surface area (Å²) >= 11 is 0. The molecule has 21 heavy (non-hydrogen) atoms. The molecule has 3 atom stereocenters. The second-order valence-electron chi connectivity index (χ2n) is 5.17. The molecule has 0 saturated carbocycles. The maximum absolute atomic E-state index is 12.3. The van der Waals surface area contributed by atoms with Crippen molar-refractivity contribution in [3.63, 3.8) is 0 Å². The van der Waals surface area contributed by atoms with E-state index in [9.17, 15) is 14.7 Å². The van der Waals surface area contributed by atoms with E-state index < -0.39 is 30.1 Å². The number of carbonyl (C=O) groups is 2. The van der Waals surface area contributed by atoms with Gasteiger partial charge in [-0.25, -0.2) is 4.79 Å². The number of carboxylic acid groups (broad SMARTS) is 1. The zero-order valence-corrected chi connectivity index (χ0v) is 11.8. The first-order chi connectivity index (χ1) is 9.99. The van der Waals surface area contributed by atoms with Gasteiger partial charge in [-0.15, -0.1) is 0 Å². The van der Waals surface area contributed by atoms with Gasteiger partial charge in [0.05, 0.1) is 12.7 Å². The summed E-state index contributed by atoms with van der Waals surface area (Å²) in [6, 6.07) is 8.44. The van der Waals surface area contributed by atoms with Gasteiger partial charge in [0.15, 0.2) is 0 Å². The van der Waals surface area contributed by atoms with Crippen LogP contribution in [0.3, 0.4) is 0 Å². The smallest absolute Gasteiger partial charge is 0.326 e. The molecule has 0 radical (unpaired) electrons. The van der Waals surface area contributed by atoms with E-state index in [1.54, 1.807) is 6.92 Å². The summed E-state index contributed by atoms with van der Waals surface area (Å²) in [5.41, 5.74) is 0.938. The molecular weight excluding hydrogens is 274 g/mol. The number of nitrogens with zero attached hydrogens (tertiary/aromatic N) is 1. The Bertz CT molecular complexity index is 504. The Kier molecular flexibility index (Phi) is 4.93. The molecule has 1 amide bonds. The molecule has 6 nitrogen and oxygen atoms in total. The van der Waals surface area contributed by atoms with E-state index in [0.29, 0.717) is 0 Å². The number of carboxylic acids is 1. The normalized spacial score (nSPS) is 23.0. The van der Waals surface area contributed by atoms with Crippen LogP contribution in [0.4, 0.5) is 0 Å². The van der Waals surface area contributed by atoms with Crippen LogP contribution < -0.4 is 0 Å². The molecule has 114 valence electrons. The fourth-order valence-electron chi connectivity index (χ4n) is 2.39. The van der Waals surface area contributed by atoms with Crippen molar-refractivity contribution in [2.75, 3.05) is 6.54 Å². The molecule has 1 heterocycles. The predicted molar refractivity (Wildman–Crippen MR) is 74.5 cm³/mol. The van der Waals surface area contributed by atoms with Crippen LogP contribution in [-0.2, 0) is 20.9 Å². The third-order valence-electron chi connectivity index (χ3n) is 3.54. The minimum absolute atomic E-state index is 0.0365. The molecule has 2 rings (SSSR count). The van der Waals surface area contributed by atoms with Crippen molar-refractivity contribution in [3.05, 3.63) is 35.9 Å². The highest BCUT2D eigenvalue weighted by atomic mass is 16.5. The number of β-amino-alcohol motifs (C(OH)–C–C–N with tert-alkyl or cyclic N) is 1. The number of aliphatic hydroxyl groups is 1. The maximum atomic E-state index is 12.3. The molecule has 1 aliphatic heterocycles. The van der Waals surface area contributed by atoms with Crippen molar-refractivity contribution in [1.29, 1.82) is 0 Å². The largest absolute Gasteiger partial charge is 0.480 e. The summed E-state index contributed by atoms with van der Waals surface area (Å²) in [6.45, 7) is 1.91. The van der Waals surface area contributed by atoms with Crippen LogP contribution in [-0.4, -0.2) is 51.8 Å². The first-order valence-electron chi connectivity index (χ1n) is 6.86. The van der Waals surface area contributed by atoms with Crippen molar-refractivity contribution in [1.82, 2.24) is 4.90 Å². The molecule has 0 bridgehead atoms. The zero-order chi connectivity index (χ0) is 15.4. The third kappa shape index (κ3) is 3.80. The monoisotopic (exact) mass is 293 g/mol. The molecule has 0 spiro atoms. The molecule has 1 aliphatic rings. The van der Waals surface area contributed by atoms with Gasteiger partial charge < -0.3 is 19.8 Å². The number of amides is 1. The van der Waals surface area contributed by atoms with Crippen LogP contribution in [0.2, 0.25) is 0 Å². The number of carbonyl (C=O) groups excluding carboxylic acids is 1. The topological polar surface area (TPSA) is 87.1 Å². The number of ether oxygens (including phenoxy) is 1. The van der Waals surface area contributed by atoms with Crippen molar-refractivity contribution < 1.29 is 24.5 Å². The SMILES string of the molecule is CC(OCc1ccccc1)C(=O)N1CC(O)CC1C(=O)O. The highest BCUT2D eigenvalue weighted by molar-refractivity contribution is 5.86. The first-order valence-corrected chi connectivity index (χ1v) is 6.86. The highest BCUT2D eigenvalue weighted by Gasteiger charge is 2.40. The van der Waals surface area contributed by atoms with Gasteiger partial charge in [-0.2, -0.15) is 0 Å². The van der Waals surface area contributed by atoms with Gasteiger partial charge in [0.2, 0.25) is 0 Å². The lowest BCUT2D eigenvalue weighted by Gasteiger charge is -2.24. The number of aliphatic hydroxyl groups excluding tert-OH is 1. The predicted octanol–water partition coefficient (Wildman–Crippen LogP) is 0.638. The van der Waals surface area contributed by atoms with Crippen molar-refractivity contribution in [2.24, 2.45) is 0 Å². The number of rotatable bonds is 5. The molecule has 1 aromatic carbocycles. The molecule has 6 heteroatoms. The fraction of sp³-hybridized carbons (Fsp3) is 0.467. The fourth-order valence-corrected chi connectivity index (χ4v) is 2.39. The van der Waals surface area contributed by atoms with Gasteiger partial charge >= 0.3 is 5.97 Å². The number of aliphatic carboxylic acids is 1. The molecule has 0 aliphatic carbocycles. The Morgan fingerprint density at radius 2 is 2.05 bits per heavy atom. The Labute approximate surface area is 122 Å². The number of benzene rings is 1. The summed E-state index contributed by atoms with van der Waals surface area (Å²) in [4.78, 5) is 24.6. The lowest BCUT2D eigenvalue weighted by Crippen LogP contribution is -2.45. The van der Waals surface area contributed by atoms with Crippen LogP contribution >= 0.6 is 0 Å². The van der Waals surface area contributed by atoms with Crippen LogP contribution in [0.25, 0.3) is 0 Å². The quantitative estimate of drug-likeness (QED) is 0.832. The lowest BCUT2D eigenvalue weighted by atomic mass is 10.2. The van der Waals surface area contributed by atoms with E-state index in [2.05, 4.69) is 0 Å². The van der Waals surface area contributed by atoms with E-state index in [1.165, 1.54) is 4.90 Å². The summed E-state index contributed by atoms with van der Waals surface area (Å²) < 4.78 is 5.50. The minimum Gasteiger partial charge on any atom is -0.480 e. The molecular formula is C15H19NO5. The number of hydrogen-bond donors (Lipinski definition) is 2. The summed E-state index contributed by atoms with van der Waals surface area (Å²) in [7, 11) is 0. The van der Waals surface area contributed by atoms with Gasteiger partial charge in [0, 0.05) is 13.0 Å². The van der Waals surface area contributed by atoms with E-state index in [4.69, 9.17) is 9.84 Å². The van der Waals surface area contributed by atoms with Crippen LogP contribution in [0.1, 0.15) is 18.9 Å². The van der Waals surface area contributed by atoms with Gasteiger partial charge in [-0.1, -0.05) is 30.3 Å². The molecule has 1 fully saturated rings. The number of hydrogen-bond acceptors (Lipinski definition) is 4. The Hall–Kier alpha value is -1.92. The van der Waals surface area contributed by atoms with Crippen molar-refractivity contribution >= 4 is 11.9 Å². The Morgan fingerprint density at radius 1 is 1.38 bits per heavy atom. The highest BCUT2D eigenvalue weighted by Crippen LogP contribution is 2.20. The Morgan fingerprint density at radius 3 is 2.67 bits per heavy atom. The molecule has 1 saturated heterocycles. The van der Waals surface area contributed by atoms with Gasteiger partial charge in [-0.3, -0.25) is 4.79 Å².